The highest BCUT2D eigenvalue weighted by atomic mass is 31.2. The number of ether oxygens (including phenoxy) is 4. The van der Waals surface area contributed by atoms with Gasteiger partial charge in [0.15, 0.2) is 12.2 Å². The summed E-state index contributed by atoms with van der Waals surface area (Å²) in [7, 11) is -9.95. The molecule has 0 saturated carbocycles. The summed E-state index contributed by atoms with van der Waals surface area (Å²) in [6.45, 7) is 4.83. The molecule has 0 aromatic heterocycles. The molecule has 0 aliphatic carbocycles. The third-order valence-electron chi connectivity index (χ3n) is 17.0. The van der Waals surface area contributed by atoms with Gasteiger partial charge >= 0.3 is 39.5 Å². The second-order valence-corrected chi connectivity index (χ2v) is 29.6. The average Bonchev–Trinajstić information content (AvgIpc) is 1.05. The van der Waals surface area contributed by atoms with Crippen LogP contribution in [0.4, 0.5) is 0 Å². The number of hydrogen-bond donors (Lipinski definition) is 3. The van der Waals surface area contributed by atoms with E-state index in [4.69, 9.17) is 37.0 Å². The van der Waals surface area contributed by atoms with Crippen LogP contribution >= 0.6 is 15.6 Å². The monoisotopic (exact) mass is 1430 g/mol. The molecule has 5 atom stereocenters. The van der Waals surface area contributed by atoms with Gasteiger partial charge in [-0.3, -0.25) is 37.3 Å². The standard InChI is InChI=1S/C79H144O17P2/c1-5-9-13-17-21-25-29-33-36-40-44-48-52-56-60-64-77(82)90-70-75(96-79(84)66-62-58-54-50-46-42-38-35-31-27-23-19-15-11-7-3)72-94-98(87,88)92-68-73(80)67-91-97(85,86)93-71-74(69-89-76(81)63-59-55-51-47-43-39-32-28-24-20-16-12-8-4)95-78(83)65-61-57-53-49-45-41-37-34-30-26-22-18-14-10-6-2/h22-23,26-28,32,34-35,37-38,73-75,80H,5-21,24-25,29-31,33,36,39-72H2,1-4H3,(H,85,86)(H,87,88)/b26-22-,27-23-,32-28-,37-34-,38-35-/t73-,74-,75-/m1/s1. The second kappa shape index (κ2) is 72.1. The molecule has 0 aromatic carbocycles. The topological polar surface area (TPSA) is 237 Å². The van der Waals surface area contributed by atoms with Crippen LogP contribution < -0.4 is 0 Å². The lowest BCUT2D eigenvalue weighted by atomic mass is 10.0. The van der Waals surface area contributed by atoms with Crippen molar-refractivity contribution in [1.82, 2.24) is 0 Å². The largest absolute Gasteiger partial charge is 0.472 e. The van der Waals surface area contributed by atoms with Crippen LogP contribution in [0.1, 0.15) is 362 Å². The van der Waals surface area contributed by atoms with Crippen LogP contribution in [0.5, 0.6) is 0 Å². The number of carbonyl (C=O) groups is 4. The minimum atomic E-state index is -4.97. The SMILES string of the molecule is CCCCC/C=C\C/C=C\CCCCCCCC(=O)O[C@H](COC(=O)CCCCCCC/C=C\CCCCCC)COP(=O)(O)OC[C@@H](O)COP(=O)(O)OC[C@@H](COC(=O)CCCCCCCCCCCCCCCCC)OC(=O)CCCCCCC/C=C\C/C=C\CCCCC. The maximum absolute atomic E-state index is 13.1. The summed E-state index contributed by atoms with van der Waals surface area (Å²) in [5.74, 6) is -2.18. The van der Waals surface area contributed by atoms with E-state index in [0.717, 1.165) is 148 Å². The number of esters is 4. The maximum Gasteiger partial charge on any atom is 0.472 e. The van der Waals surface area contributed by atoms with Crippen molar-refractivity contribution >= 4 is 39.5 Å². The lowest BCUT2D eigenvalue weighted by Crippen LogP contribution is -2.30. The van der Waals surface area contributed by atoms with Crippen LogP contribution in [0, 0.1) is 0 Å². The van der Waals surface area contributed by atoms with Gasteiger partial charge in [0.25, 0.3) is 0 Å². The van der Waals surface area contributed by atoms with E-state index in [1.54, 1.807) is 0 Å². The van der Waals surface area contributed by atoms with E-state index in [-0.39, 0.29) is 25.7 Å². The predicted molar refractivity (Wildman–Crippen MR) is 400 cm³/mol. The summed E-state index contributed by atoms with van der Waals surface area (Å²) in [4.78, 5) is 72.9. The number of hydrogen-bond acceptors (Lipinski definition) is 15. The van der Waals surface area contributed by atoms with E-state index < -0.39 is 97.5 Å². The summed E-state index contributed by atoms with van der Waals surface area (Å²) < 4.78 is 68.5. The minimum Gasteiger partial charge on any atom is -0.462 e. The molecule has 572 valence electrons. The fraction of sp³-hybridized carbons (Fsp3) is 0.823. The van der Waals surface area contributed by atoms with Gasteiger partial charge < -0.3 is 33.8 Å². The Balaban J connectivity index is 5.35. The van der Waals surface area contributed by atoms with Gasteiger partial charge in [-0.05, 0) is 116 Å². The molecule has 0 aliphatic rings. The number of aliphatic hydroxyl groups excluding tert-OH is 1. The zero-order valence-corrected chi connectivity index (χ0v) is 64.3. The van der Waals surface area contributed by atoms with Gasteiger partial charge in [-0.25, -0.2) is 9.13 Å². The van der Waals surface area contributed by atoms with Crippen molar-refractivity contribution in [2.45, 2.75) is 380 Å². The van der Waals surface area contributed by atoms with Gasteiger partial charge in [0.1, 0.15) is 19.3 Å². The molecule has 0 amide bonds. The first-order valence-corrected chi connectivity index (χ1v) is 42.5. The van der Waals surface area contributed by atoms with Crippen LogP contribution in [-0.2, 0) is 65.4 Å². The van der Waals surface area contributed by atoms with Crippen molar-refractivity contribution in [3.63, 3.8) is 0 Å². The first-order valence-electron chi connectivity index (χ1n) is 39.5. The molecular weight excluding hydrogens is 1280 g/mol. The van der Waals surface area contributed by atoms with Gasteiger partial charge in [0, 0.05) is 25.7 Å². The van der Waals surface area contributed by atoms with Crippen LogP contribution in [-0.4, -0.2) is 96.7 Å². The minimum absolute atomic E-state index is 0.0808. The Hall–Kier alpha value is -3.24. The van der Waals surface area contributed by atoms with Crippen molar-refractivity contribution < 1.29 is 80.2 Å². The van der Waals surface area contributed by atoms with E-state index in [2.05, 4.69) is 88.5 Å². The summed E-state index contributed by atoms with van der Waals surface area (Å²) in [6, 6.07) is 0. The molecule has 0 bridgehead atoms. The Bertz CT molecular complexity index is 2100. The van der Waals surface area contributed by atoms with Gasteiger partial charge in [0.05, 0.1) is 26.4 Å². The van der Waals surface area contributed by atoms with Gasteiger partial charge in [-0.15, -0.1) is 0 Å². The van der Waals surface area contributed by atoms with E-state index in [1.807, 2.05) is 0 Å². The van der Waals surface area contributed by atoms with Crippen LogP contribution in [0.15, 0.2) is 60.8 Å². The third-order valence-corrected chi connectivity index (χ3v) is 18.9. The molecule has 0 saturated heterocycles. The molecular formula is C79H144O17P2. The van der Waals surface area contributed by atoms with Crippen LogP contribution in [0.25, 0.3) is 0 Å². The fourth-order valence-corrected chi connectivity index (χ4v) is 12.4. The molecule has 0 aliphatic heterocycles. The quantitative estimate of drug-likeness (QED) is 0.0169. The molecule has 17 nitrogen and oxygen atoms in total. The second-order valence-electron chi connectivity index (χ2n) is 26.7. The smallest absolute Gasteiger partial charge is 0.462 e. The van der Waals surface area contributed by atoms with E-state index in [9.17, 15) is 43.2 Å². The summed E-state index contributed by atoms with van der Waals surface area (Å²) in [5, 5.41) is 10.6. The highest BCUT2D eigenvalue weighted by Crippen LogP contribution is 2.45. The molecule has 0 fully saturated rings. The summed E-state index contributed by atoms with van der Waals surface area (Å²) in [5.41, 5.74) is 0. The first kappa shape index (κ1) is 94.8. The van der Waals surface area contributed by atoms with Gasteiger partial charge in [-0.2, -0.15) is 0 Å². The van der Waals surface area contributed by atoms with Crippen LogP contribution in [0.2, 0.25) is 0 Å². The van der Waals surface area contributed by atoms with Crippen molar-refractivity contribution in [2.75, 3.05) is 39.6 Å². The number of phosphoric acid groups is 2. The Morgan fingerprint density at radius 2 is 0.500 bits per heavy atom. The number of phosphoric ester groups is 2. The molecule has 0 rings (SSSR count). The highest BCUT2D eigenvalue weighted by molar-refractivity contribution is 7.47. The fourth-order valence-electron chi connectivity index (χ4n) is 10.9. The molecule has 0 radical (unpaired) electrons. The van der Waals surface area contributed by atoms with Gasteiger partial charge in [0.2, 0.25) is 0 Å². The number of carbonyl (C=O) groups excluding carboxylic acids is 4. The Morgan fingerprint density at radius 3 is 0.796 bits per heavy atom. The number of aliphatic hydroxyl groups is 1. The van der Waals surface area contributed by atoms with E-state index >= 15 is 0 Å². The Labute approximate surface area is 597 Å². The zero-order valence-electron chi connectivity index (χ0n) is 62.5. The van der Waals surface area contributed by atoms with E-state index in [0.29, 0.717) is 25.7 Å². The third kappa shape index (κ3) is 71.2. The molecule has 2 unspecified atom stereocenters. The van der Waals surface area contributed by atoms with Crippen molar-refractivity contribution in [1.29, 1.82) is 0 Å². The molecule has 3 N–H and O–H groups in total. The van der Waals surface area contributed by atoms with Crippen molar-refractivity contribution in [3.8, 4) is 0 Å². The molecule has 0 spiro atoms. The number of rotatable bonds is 75. The summed E-state index contributed by atoms with van der Waals surface area (Å²) >= 11 is 0. The normalized spacial score (nSPS) is 14.2. The molecule has 0 aromatic rings. The van der Waals surface area contributed by atoms with E-state index in [1.165, 1.54) is 135 Å². The maximum atomic E-state index is 13.1. The Morgan fingerprint density at radius 1 is 0.286 bits per heavy atom. The molecule has 0 heterocycles. The lowest BCUT2D eigenvalue weighted by Gasteiger charge is -2.21. The zero-order chi connectivity index (χ0) is 71.8. The Kier molecular flexibility index (Phi) is 69.7. The summed E-state index contributed by atoms with van der Waals surface area (Å²) in [6.07, 6.45) is 70.5. The van der Waals surface area contributed by atoms with Gasteiger partial charge in [-0.1, -0.05) is 281 Å². The molecule has 19 heteroatoms. The first-order chi connectivity index (χ1) is 47.7. The van der Waals surface area contributed by atoms with Crippen LogP contribution in [0.3, 0.4) is 0 Å². The number of allylic oxidation sites excluding steroid dienone is 10. The van der Waals surface area contributed by atoms with Crippen molar-refractivity contribution in [3.05, 3.63) is 60.8 Å². The lowest BCUT2D eigenvalue weighted by molar-refractivity contribution is -0.161. The van der Waals surface area contributed by atoms with Crippen molar-refractivity contribution in [2.24, 2.45) is 0 Å². The predicted octanol–water partition coefficient (Wildman–Crippen LogP) is 22.7. The molecule has 98 heavy (non-hydrogen) atoms. The average molecular weight is 1430 g/mol. The highest BCUT2D eigenvalue weighted by Gasteiger charge is 2.30. The number of unbranched alkanes of at least 4 members (excludes halogenated alkanes) is 39.